The molecule has 0 heterocycles. The highest BCUT2D eigenvalue weighted by Gasteiger charge is 2.24. The number of rotatable bonds is 13. The van der Waals surface area contributed by atoms with Crippen molar-refractivity contribution in [2.75, 3.05) is 26.1 Å². The lowest BCUT2D eigenvalue weighted by atomic mass is 9.85. The minimum Gasteiger partial charge on any atom is -0.496 e. The second kappa shape index (κ2) is 13.7. The number of hydrogen-bond acceptors (Lipinski definition) is 6. The van der Waals surface area contributed by atoms with Gasteiger partial charge in [-0.1, -0.05) is 59.1 Å². The smallest absolute Gasteiger partial charge is 0.341 e. The predicted molar refractivity (Wildman–Crippen MR) is 143 cm³/mol. The van der Waals surface area contributed by atoms with Gasteiger partial charge in [-0.3, -0.25) is 4.79 Å². The summed E-state index contributed by atoms with van der Waals surface area (Å²) >= 11 is 0. The van der Waals surface area contributed by atoms with Crippen LogP contribution in [-0.4, -0.2) is 43.8 Å². The summed E-state index contributed by atoms with van der Waals surface area (Å²) in [6.07, 6.45) is 4.02. The van der Waals surface area contributed by atoms with Crippen LogP contribution in [0.25, 0.3) is 0 Å². The lowest BCUT2D eigenvalue weighted by Crippen LogP contribution is -2.21. The van der Waals surface area contributed by atoms with Crippen LogP contribution in [0, 0.1) is 0 Å². The molecule has 2 N–H and O–H groups in total. The first-order chi connectivity index (χ1) is 17.5. The first-order valence-electron chi connectivity index (χ1n) is 12.5. The Balaban J connectivity index is 2.34. The number of benzene rings is 2. The van der Waals surface area contributed by atoms with E-state index in [1.54, 1.807) is 24.3 Å². The van der Waals surface area contributed by atoms with E-state index in [9.17, 15) is 14.4 Å². The van der Waals surface area contributed by atoms with Crippen LogP contribution in [0.4, 0.5) is 5.69 Å². The van der Waals surface area contributed by atoms with E-state index in [4.69, 9.17) is 19.3 Å². The molecule has 8 nitrogen and oxygen atoms in total. The molecule has 0 fully saturated rings. The molecule has 0 aliphatic rings. The van der Waals surface area contributed by atoms with Crippen molar-refractivity contribution >= 4 is 23.5 Å². The van der Waals surface area contributed by atoms with Gasteiger partial charge in [0.05, 0.1) is 19.8 Å². The fourth-order valence-corrected chi connectivity index (χ4v) is 4.24. The zero-order chi connectivity index (χ0) is 27.6. The first kappa shape index (κ1) is 29.7. The van der Waals surface area contributed by atoms with Crippen molar-refractivity contribution in [1.29, 1.82) is 0 Å². The molecule has 1 atom stereocenters. The van der Waals surface area contributed by atoms with Crippen molar-refractivity contribution in [1.82, 2.24) is 0 Å². The number of hydrogen-bond donors (Lipinski definition) is 2. The molecule has 1 unspecified atom stereocenters. The monoisotopic (exact) mass is 513 g/mol. The maximum absolute atomic E-state index is 13.3. The average molecular weight is 514 g/mol. The van der Waals surface area contributed by atoms with Crippen molar-refractivity contribution < 1.29 is 33.7 Å². The number of esters is 1. The molecule has 2 aromatic rings. The number of ether oxygens (including phenoxy) is 3. The molecular formula is C29H39NO7. The van der Waals surface area contributed by atoms with E-state index in [0.717, 1.165) is 36.8 Å². The third-order valence-electron chi connectivity index (χ3n) is 6.12. The molecule has 0 radical (unpaired) electrons. The van der Waals surface area contributed by atoms with Crippen LogP contribution in [0.2, 0.25) is 0 Å². The molecule has 0 saturated carbocycles. The molecule has 0 bridgehead atoms. The Morgan fingerprint density at radius 1 is 1.03 bits per heavy atom. The number of carbonyl (C=O) groups excluding carboxylic acids is 2. The topological polar surface area (TPSA) is 111 Å². The number of anilines is 1. The van der Waals surface area contributed by atoms with E-state index in [0.29, 0.717) is 22.7 Å². The van der Waals surface area contributed by atoms with E-state index in [1.807, 2.05) is 32.9 Å². The predicted octanol–water partition coefficient (Wildman–Crippen LogP) is 5.94. The van der Waals surface area contributed by atoms with Crippen LogP contribution in [-0.2, 0) is 19.7 Å². The summed E-state index contributed by atoms with van der Waals surface area (Å²) in [4.78, 5) is 36.3. The molecule has 37 heavy (non-hydrogen) atoms. The van der Waals surface area contributed by atoms with E-state index < -0.39 is 18.5 Å². The quantitative estimate of drug-likeness (QED) is 0.252. The number of carboxylic acids is 1. The minimum absolute atomic E-state index is 0.128. The summed E-state index contributed by atoms with van der Waals surface area (Å²) in [6.45, 7) is 7.80. The van der Waals surface area contributed by atoms with Gasteiger partial charge in [-0.15, -0.1) is 0 Å². The van der Waals surface area contributed by atoms with E-state index in [1.165, 1.54) is 14.2 Å². The Morgan fingerprint density at radius 2 is 1.76 bits per heavy atom. The Labute approximate surface area is 219 Å². The number of amides is 1. The second-order valence-corrected chi connectivity index (χ2v) is 10.0. The van der Waals surface area contributed by atoms with E-state index >= 15 is 0 Å². The van der Waals surface area contributed by atoms with Gasteiger partial charge in [0.25, 0.3) is 0 Å². The molecule has 0 saturated heterocycles. The zero-order valence-corrected chi connectivity index (χ0v) is 22.7. The molecule has 0 aromatic heterocycles. The van der Waals surface area contributed by atoms with E-state index in [-0.39, 0.29) is 23.7 Å². The van der Waals surface area contributed by atoms with Gasteiger partial charge in [0.1, 0.15) is 11.5 Å². The number of methoxy groups -OCH3 is 2. The van der Waals surface area contributed by atoms with Gasteiger partial charge in [0.15, 0.2) is 6.61 Å². The average Bonchev–Trinajstić information content (AvgIpc) is 2.85. The molecule has 0 aliphatic heterocycles. The van der Waals surface area contributed by atoms with Crippen LogP contribution in [0.5, 0.6) is 11.5 Å². The van der Waals surface area contributed by atoms with E-state index in [2.05, 4.69) is 12.2 Å². The first-order valence-corrected chi connectivity index (χ1v) is 12.5. The Morgan fingerprint density at radius 3 is 2.35 bits per heavy atom. The van der Waals surface area contributed by atoms with Gasteiger partial charge in [-0.05, 0) is 47.1 Å². The van der Waals surface area contributed by atoms with Gasteiger partial charge >= 0.3 is 11.9 Å². The molecule has 1 amide bonds. The molecule has 2 rings (SSSR count). The van der Waals surface area contributed by atoms with Crippen molar-refractivity contribution in [3.63, 3.8) is 0 Å². The van der Waals surface area contributed by atoms with Crippen molar-refractivity contribution in [2.24, 2.45) is 0 Å². The third kappa shape index (κ3) is 8.81. The van der Waals surface area contributed by atoms with Crippen LogP contribution in [0.15, 0.2) is 36.4 Å². The maximum atomic E-state index is 13.3. The number of unbranched alkanes of at least 4 members (excludes halogenated alkanes) is 2. The van der Waals surface area contributed by atoms with Crippen molar-refractivity contribution in [3.8, 4) is 11.5 Å². The number of carboxylic acid groups (broad SMARTS) is 1. The van der Waals surface area contributed by atoms with Gasteiger partial charge in [-0.25, -0.2) is 9.59 Å². The summed E-state index contributed by atoms with van der Waals surface area (Å²) in [5.41, 5.74) is 2.46. The van der Waals surface area contributed by atoms with Crippen LogP contribution in [0.3, 0.4) is 0 Å². The fraction of sp³-hybridized carbons (Fsp3) is 0.483. The SMILES string of the molecule is CCCCCC(CC(=O)Nc1cc(C(=O)OC)ccc1C(C)(C)C)c1ccc(OCC(=O)O)cc1OC. The Kier molecular flexibility index (Phi) is 11.0. The third-order valence-corrected chi connectivity index (χ3v) is 6.12. The number of nitrogens with one attached hydrogen (secondary N) is 1. The second-order valence-electron chi connectivity index (χ2n) is 10.0. The van der Waals surface area contributed by atoms with Gasteiger partial charge < -0.3 is 24.6 Å². The summed E-state index contributed by atoms with van der Waals surface area (Å²) < 4.78 is 15.7. The zero-order valence-electron chi connectivity index (χ0n) is 22.7. The molecular weight excluding hydrogens is 474 g/mol. The Bertz CT molecular complexity index is 1090. The Hall–Kier alpha value is -3.55. The maximum Gasteiger partial charge on any atom is 0.341 e. The van der Waals surface area contributed by atoms with Crippen LogP contribution < -0.4 is 14.8 Å². The highest BCUT2D eigenvalue weighted by atomic mass is 16.5. The fourth-order valence-electron chi connectivity index (χ4n) is 4.24. The number of aliphatic carboxylic acids is 1. The summed E-state index contributed by atoms with van der Waals surface area (Å²) in [7, 11) is 2.86. The van der Waals surface area contributed by atoms with Crippen molar-refractivity contribution in [3.05, 3.63) is 53.1 Å². The van der Waals surface area contributed by atoms with Crippen LogP contribution in [0.1, 0.15) is 87.2 Å². The molecule has 0 spiro atoms. The molecule has 2 aromatic carbocycles. The highest BCUT2D eigenvalue weighted by molar-refractivity contribution is 5.96. The largest absolute Gasteiger partial charge is 0.496 e. The van der Waals surface area contributed by atoms with Crippen LogP contribution >= 0.6 is 0 Å². The molecule has 202 valence electrons. The lowest BCUT2D eigenvalue weighted by Gasteiger charge is -2.25. The summed E-state index contributed by atoms with van der Waals surface area (Å²) in [5, 5.41) is 11.9. The standard InChI is InChI=1S/C29H39NO7/c1-7-8-9-10-19(22-13-12-21(17-25(22)35-5)37-18-27(32)33)16-26(31)30-24-15-20(28(34)36-6)11-14-23(24)29(2,3)4/h11-15,17,19H,7-10,16,18H2,1-6H3,(H,30,31)(H,32,33). The number of carbonyl (C=O) groups is 3. The molecule has 8 heteroatoms. The molecule has 0 aliphatic carbocycles. The van der Waals surface area contributed by atoms with Gasteiger partial charge in [0.2, 0.25) is 5.91 Å². The van der Waals surface area contributed by atoms with Crippen molar-refractivity contribution in [2.45, 2.75) is 71.1 Å². The normalized spacial score (nSPS) is 11.9. The van der Waals surface area contributed by atoms with Gasteiger partial charge in [-0.2, -0.15) is 0 Å². The summed E-state index contributed by atoms with van der Waals surface area (Å²) in [6, 6.07) is 10.4. The summed E-state index contributed by atoms with van der Waals surface area (Å²) in [5.74, 6) is -0.917. The lowest BCUT2D eigenvalue weighted by molar-refractivity contribution is -0.139. The minimum atomic E-state index is -1.07. The highest BCUT2D eigenvalue weighted by Crippen LogP contribution is 2.37. The van der Waals surface area contributed by atoms with Gasteiger partial charge in [0, 0.05) is 18.2 Å².